The number of fused-ring (bicyclic) bond motifs is 2. The summed E-state index contributed by atoms with van der Waals surface area (Å²) in [6.45, 7) is 4.14. The van der Waals surface area contributed by atoms with Gasteiger partial charge >= 0.3 is 0 Å². The quantitative estimate of drug-likeness (QED) is 0.647. The average molecular weight is 398 g/mol. The summed E-state index contributed by atoms with van der Waals surface area (Å²) in [5, 5.41) is 6.92. The molecule has 1 saturated heterocycles. The van der Waals surface area contributed by atoms with Gasteiger partial charge in [0.1, 0.15) is 13.2 Å². The van der Waals surface area contributed by atoms with Gasteiger partial charge in [0, 0.05) is 42.5 Å². The van der Waals surface area contributed by atoms with E-state index in [2.05, 4.69) is 11.4 Å². The summed E-state index contributed by atoms with van der Waals surface area (Å²) in [7, 11) is 1.70. The first-order valence-electron chi connectivity index (χ1n) is 11.1. The molecule has 6 nitrogen and oxygen atoms in total. The van der Waals surface area contributed by atoms with Crippen LogP contribution in [0.3, 0.4) is 0 Å². The molecule has 1 aliphatic heterocycles. The number of benzene rings is 1. The van der Waals surface area contributed by atoms with Gasteiger partial charge in [-0.15, -0.1) is 0 Å². The second-order valence-electron chi connectivity index (χ2n) is 8.43. The van der Waals surface area contributed by atoms with E-state index in [4.69, 9.17) is 19.3 Å². The number of nitrogens with zero attached hydrogens (tertiary/aromatic N) is 2. The highest BCUT2D eigenvalue weighted by Gasteiger charge is 2.25. The third-order valence-electron chi connectivity index (χ3n) is 6.24. The second-order valence-corrected chi connectivity index (χ2v) is 8.43. The molecule has 2 aliphatic carbocycles. The van der Waals surface area contributed by atoms with Crippen molar-refractivity contribution >= 4 is 16.6 Å². The Morgan fingerprint density at radius 1 is 1.07 bits per heavy atom. The Kier molecular flexibility index (Phi) is 5.46. The van der Waals surface area contributed by atoms with Gasteiger partial charge in [0.2, 0.25) is 0 Å². The summed E-state index contributed by atoms with van der Waals surface area (Å²) in [5.41, 5.74) is 4.88. The number of aryl methyl sites for hydroxylation is 1. The number of ether oxygens (including phenoxy) is 2. The Labute approximate surface area is 172 Å². The summed E-state index contributed by atoms with van der Waals surface area (Å²) >= 11 is 0. The molecule has 29 heavy (non-hydrogen) atoms. The van der Waals surface area contributed by atoms with Crippen molar-refractivity contribution in [2.24, 2.45) is 5.92 Å². The van der Waals surface area contributed by atoms with E-state index < -0.39 is 0 Å². The summed E-state index contributed by atoms with van der Waals surface area (Å²) in [5.74, 6) is 2.33. The molecule has 0 atom stereocenters. The molecular weight excluding hydrogens is 366 g/mol. The molecule has 1 N–H and O–H groups in total. The van der Waals surface area contributed by atoms with Crippen molar-refractivity contribution < 1.29 is 14.3 Å². The van der Waals surface area contributed by atoms with Crippen molar-refractivity contribution in [1.29, 1.82) is 0 Å². The van der Waals surface area contributed by atoms with E-state index in [1.807, 2.05) is 11.1 Å². The van der Waals surface area contributed by atoms with Gasteiger partial charge in [-0.1, -0.05) is 0 Å². The Morgan fingerprint density at radius 3 is 2.72 bits per heavy atom. The molecule has 0 bridgehead atoms. The number of pyridine rings is 1. The Hall–Kier alpha value is -2.05. The summed E-state index contributed by atoms with van der Waals surface area (Å²) < 4.78 is 11.7. The number of nitrogens with one attached hydrogen (secondary N) is 1. The van der Waals surface area contributed by atoms with E-state index in [1.54, 1.807) is 7.11 Å². The highest BCUT2D eigenvalue weighted by molar-refractivity contribution is 5.96. The van der Waals surface area contributed by atoms with Crippen LogP contribution in [0, 0.1) is 5.92 Å². The molecule has 2 heterocycles. The number of methoxy groups -OCH3 is 1. The highest BCUT2D eigenvalue weighted by Crippen LogP contribution is 2.40. The van der Waals surface area contributed by atoms with Crippen LogP contribution in [0.2, 0.25) is 0 Å². The van der Waals surface area contributed by atoms with Crippen LogP contribution in [-0.2, 0) is 17.7 Å². The summed E-state index contributed by atoms with van der Waals surface area (Å²) in [4.78, 5) is 10.7. The van der Waals surface area contributed by atoms with Gasteiger partial charge in [0.05, 0.1) is 12.6 Å². The van der Waals surface area contributed by atoms with Crippen LogP contribution < -0.4 is 14.8 Å². The maximum Gasteiger partial charge on any atom is 0.163 e. The first kappa shape index (κ1) is 18.9. The minimum absolute atomic E-state index is 0.496. The predicted octanol–water partition coefficient (Wildman–Crippen LogP) is 3.96. The Balaban J connectivity index is 1.37. The third-order valence-corrected chi connectivity index (χ3v) is 6.24. The average Bonchev–Trinajstić information content (AvgIpc) is 3.20. The lowest BCUT2D eigenvalue weighted by molar-refractivity contribution is -0.148. The monoisotopic (exact) mass is 397 g/mol. The fourth-order valence-electron chi connectivity index (χ4n) is 4.45. The number of hydrogen-bond acceptors (Lipinski definition) is 6. The molecule has 1 saturated carbocycles. The minimum atomic E-state index is 0.496. The van der Waals surface area contributed by atoms with E-state index >= 15 is 0 Å². The molecule has 0 spiro atoms. The van der Waals surface area contributed by atoms with Crippen molar-refractivity contribution in [3.63, 3.8) is 0 Å². The van der Waals surface area contributed by atoms with Crippen LogP contribution in [-0.4, -0.2) is 50.0 Å². The van der Waals surface area contributed by atoms with E-state index in [-0.39, 0.29) is 0 Å². The zero-order valence-corrected chi connectivity index (χ0v) is 17.3. The highest BCUT2D eigenvalue weighted by atomic mass is 16.7. The van der Waals surface area contributed by atoms with E-state index in [9.17, 15) is 0 Å². The first-order chi connectivity index (χ1) is 14.3. The van der Waals surface area contributed by atoms with E-state index in [0.29, 0.717) is 13.2 Å². The van der Waals surface area contributed by atoms with Crippen LogP contribution >= 0.6 is 0 Å². The smallest absolute Gasteiger partial charge is 0.163 e. The minimum Gasteiger partial charge on any atom is -0.493 e. The number of aromatic nitrogens is 1. The molecule has 5 rings (SSSR count). The van der Waals surface area contributed by atoms with Gasteiger partial charge in [-0.25, -0.2) is 0 Å². The Bertz CT molecular complexity index is 876. The second kappa shape index (κ2) is 8.36. The molecule has 0 radical (unpaired) electrons. The summed E-state index contributed by atoms with van der Waals surface area (Å²) in [6.07, 6.45) is 8.48. The lowest BCUT2D eigenvalue weighted by Gasteiger charge is -2.18. The molecule has 2 aromatic rings. The van der Waals surface area contributed by atoms with Crippen LogP contribution in [0.5, 0.6) is 11.5 Å². The normalized spacial score (nSPS) is 18.9. The molecule has 0 unspecified atom stereocenters. The van der Waals surface area contributed by atoms with Crippen molar-refractivity contribution in [1.82, 2.24) is 10.0 Å². The predicted molar refractivity (Wildman–Crippen MR) is 114 cm³/mol. The van der Waals surface area contributed by atoms with E-state index in [1.165, 1.54) is 49.0 Å². The van der Waals surface area contributed by atoms with Gasteiger partial charge in [0.25, 0.3) is 0 Å². The van der Waals surface area contributed by atoms with Gasteiger partial charge in [-0.2, -0.15) is 5.06 Å². The number of hydroxylamine groups is 2. The molecule has 1 aromatic heterocycles. The largest absolute Gasteiger partial charge is 0.493 e. The molecule has 3 aliphatic rings. The van der Waals surface area contributed by atoms with Gasteiger partial charge in [0.15, 0.2) is 11.5 Å². The molecule has 6 heteroatoms. The lowest BCUT2D eigenvalue weighted by atomic mass is 10.1. The fourth-order valence-corrected chi connectivity index (χ4v) is 4.45. The van der Waals surface area contributed by atoms with Gasteiger partial charge in [-0.3, -0.25) is 9.82 Å². The third kappa shape index (κ3) is 4.14. The molecule has 156 valence electrons. The van der Waals surface area contributed by atoms with Gasteiger partial charge < -0.3 is 14.8 Å². The van der Waals surface area contributed by atoms with Crippen molar-refractivity contribution in [2.75, 3.05) is 45.3 Å². The fraction of sp³-hybridized carbons (Fsp3) is 0.609. The maximum atomic E-state index is 6.03. The van der Waals surface area contributed by atoms with E-state index in [0.717, 1.165) is 60.8 Å². The topological polar surface area (TPSA) is 55.9 Å². The zero-order valence-electron chi connectivity index (χ0n) is 17.3. The summed E-state index contributed by atoms with van der Waals surface area (Å²) in [6, 6.07) is 4.12. The number of rotatable bonds is 9. The number of anilines is 1. The van der Waals surface area contributed by atoms with Crippen LogP contribution in [0.15, 0.2) is 12.1 Å². The lowest BCUT2D eigenvalue weighted by Crippen LogP contribution is -2.22. The maximum absolute atomic E-state index is 6.03. The van der Waals surface area contributed by atoms with Gasteiger partial charge in [-0.05, 0) is 62.5 Å². The Morgan fingerprint density at radius 2 is 1.93 bits per heavy atom. The standard InChI is InChI=1S/C23H31N3O3/c1-27-21-13-18-20(14-22(21)28-11-12-29-26-9-2-3-10-26)25-19-6-4-5-17(19)23(18)24-15-16-7-8-16/h13-14,16H,2-12,15H2,1H3,(H,24,25). The van der Waals surface area contributed by atoms with Crippen molar-refractivity contribution in [3.8, 4) is 11.5 Å². The molecule has 0 amide bonds. The SMILES string of the molecule is COc1cc2c(NCC3CC3)c3c(nc2cc1OCCON1CCCC1)CCC3. The molecule has 1 aromatic carbocycles. The van der Waals surface area contributed by atoms with Crippen LogP contribution in [0.4, 0.5) is 5.69 Å². The van der Waals surface area contributed by atoms with Crippen LogP contribution in [0.25, 0.3) is 10.9 Å². The van der Waals surface area contributed by atoms with Crippen molar-refractivity contribution in [3.05, 3.63) is 23.4 Å². The first-order valence-corrected chi connectivity index (χ1v) is 11.1. The zero-order chi connectivity index (χ0) is 19.6. The van der Waals surface area contributed by atoms with Crippen LogP contribution in [0.1, 0.15) is 43.4 Å². The number of hydrogen-bond donors (Lipinski definition) is 1. The molecule has 2 fully saturated rings. The van der Waals surface area contributed by atoms with Crippen molar-refractivity contribution in [2.45, 2.75) is 44.9 Å². The molecular formula is C23H31N3O3.